The Bertz CT molecular complexity index is 1200. The molecule has 3 aromatic rings. The summed E-state index contributed by atoms with van der Waals surface area (Å²) in [7, 11) is 0. The summed E-state index contributed by atoms with van der Waals surface area (Å²) in [5, 5.41) is 26.8. The van der Waals surface area contributed by atoms with Crippen molar-refractivity contribution in [2.75, 3.05) is 28.6 Å². The second-order valence-corrected chi connectivity index (χ2v) is 8.29. The number of piperidine rings is 1. The van der Waals surface area contributed by atoms with Crippen LogP contribution in [0.15, 0.2) is 49.1 Å². The molecule has 0 radical (unpaired) electrons. The van der Waals surface area contributed by atoms with Crippen molar-refractivity contribution in [3.05, 3.63) is 65.0 Å². The molecule has 0 saturated carbocycles. The smallest absolute Gasteiger partial charge is 0.311 e. The normalized spacial score (nSPS) is 15.0. The summed E-state index contributed by atoms with van der Waals surface area (Å²) in [6.45, 7) is 2.87. The van der Waals surface area contributed by atoms with Gasteiger partial charge >= 0.3 is 11.7 Å². The number of halogens is 1. The maximum absolute atomic E-state index is 14.9. The van der Waals surface area contributed by atoms with Crippen LogP contribution in [0.2, 0.25) is 0 Å². The molecule has 0 aliphatic carbocycles. The minimum atomic E-state index is -0.828. The molecule has 3 N–H and O–H groups in total. The Morgan fingerprint density at radius 2 is 2.09 bits per heavy atom. The lowest BCUT2D eigenvalue weighted by Gasteiger charge is -2.32. The minimum absolute atomic E-state index is 0.0186. The lowest BCUT2D eigenvalue weighted by molar-refractivity contribution is -0.384. The van der Waals surface area contributed by atoms with Crippen LogP contribution in [0.25, 0.3) is 0 Å². The Morgan fingerprint density at radius 3 is 2.69 bits per heavy atom. The van der Waals surface area contributed by atoms with E-state index >= 15 is 0 Å². The molecule has 0 bridgehead atoms. The van der Waals surface area contributed by atoms with Crippen molar-refractivity contribution >= 4 is 34.7 Å². The quantitative estimate of drug-likeness (QED) is 0.299. The third kappa shape index (κ3) is 5.48. The highest BCUT2D eigenvalue weighted by Gasteiger charge is 2.26. The number of carboxylic acid groups (broad SMARTS) is 1. The summed E-state index contributed by atoms with van der Waals surface area (Å²) >= 11 is 0. The largest absolute Gasteiger partial charge is 0.481 e. The van der Waals surface area contributed by atoms with E-state index in [1.165, 1.54) is 18.2 Å². The molecule has 1 aromatic carbocycles. The van der Waals surface area contributed by atoms with E-state index in [1.807, 2.05) is 16.4 Å². The standard InChI is InChI=1S/C23H26FN7O4/c1-2-21(30-12-9-25-14-30)27-20-6-5-19(31(34)35)22(28-20)26-16-3-4-18(17(24)13-16)29-10-7-15(8-11-29)23(32)33/h3-6,9,12-15,21H,2,7-8,10-11H2,1H3,(H,32,33)(H2,26,27,28). The van der Waals surface area contributed by atoms with Crippen molar-refractivity contribution in [2.24, 2.45) is 5.92 Å². The van der Waals surface area contributed by atoms with E-state index in [9.17, 15) is 19.3 Å². The van der Waals surface area contributed by atoms with Crippen molar-refractivity contribution in [1.82, 2.24) is 14.5 Å². The highest BCUT2D eigenvalue weighted by Crippen LogP contribution is 2.32. The molecular formula is C23H26FN7O4. The zero-order valence-corrected chi connectivity index (χ0v) is 19.1. The van der Waals surface area contributed by atoms with Crippen LogP contribution in [0.1, 0.15) is 32.4 Å². The summed E-state index contributed by atoms with van der Waals surface area (Å²) in [5.41, 5.74) is 0.427. The number of aromatic nitrogens is 3. The molecule has 3 heterocycles. The van der Waals surface area contributed by atoms with Crippen LogP contribution in [-0.4, -0.2) is 43.6 Å². The number of aliphatic carboxylic acids is 1. The van der Waals surface area contributed by atoms with Gasteiger partial charge in [-0.25, -0.2) is 14.4 Å². The third-order valence-corrected chi connectivity index (χ3v) is 6.05. The maximum atomic E-state index is 14.9. The lowest BCUT2D eigenvalue weighted by atomic mass is 9.96. The van der Waals surface area contributed by atoms with E-state index in [1.54, 1.807) is 30.9 Å². The first-order chi connectivity index (χ1) is 16.9. The monoisotopic (exact) mass is 483 g/mol. The molecular weight excluding hydrogens is 457 g/mol. The first kappa shape index (κ1) is 23.9. The molecule has 1 unspecified atom stereocenters. The fraction of sp³-hybridized carbons (Fsp3) is 0.348. The van der Waals surface area contributed by atoms with Crippen molar-refractivity contribution in [1.29, 1.82) is 0 Å². The van der Waals surface area contributed by atoms with E-state index in [0.717, 1.165) is 0 Å². The Balaban J connectivity index is 1.52. The number of anilines is 4. The van der Waals surface area contributed by atoms with Crippen LogP contribution < -0.4 is 15.5 Å². The Morgan fingerprint density at radius 1 is 1.31 bits per heavy atom. The molecule has 0 spiro atoms. The van der Waals surface area contributed by atoms with Crippen LogP contribution in [-0.2, 0) is 4.79 Å². The van der Waals surface area contributed by atoms with Crippen molar-refractivity contribution < 1.29 is 19.2 Å². The Hall–Kier alpha value is -4.22. The zero-order valence-electron chi connectivity index (χ0n) is 19.1. The van der Waals surface area contributed by atoms with Gasteiger partial charge in [0.25, 0.3) is 0 Å². The van der Waals surface area contributed by atoms with Crippen LogP contribution in [0, 0.1) is 21.8 Å². The van der Waals surface area contributed by atoms with Crippen molar-refractivity contribution in [3.63, 3.8) is 0 Å². The zero-order chi connectivity index (χ0) is 24.9. The molecule has 0 amide bonds. The van der Waals surface area contributed by atoms with Gasteiger partial charge in [-0.2, -0.15) is 0 Å². The number of imidazole rings is 1. The summed E-state index contributed by atoms with van der Waals surface area (Å²) < 4.78 is 16.8. The number of nitrogens with zero attached hydrogens (tertiary/aromatic N) is 5. The van der Waals surface area contributed by atoms with Gasteiger partial charge in [0.05, 0.1) is 22.9 Å². The molecule has 184 valence electrons. The number of rotatable bonds is 9. The summed E-state index contributed by atoms with van der Waals surface area (Å²) in [6, 6.07) is 7.32. The fourth-order valence-corrected chi connectivity index (χ4v) is 4.13. The van der Waals surface area contributed by atoms with Crippen LogP contribution in [0.4, 0.5) is 33.1 Å². The number of benzene rings is 1. The SMILES string of the molecule is CCC(Nc1ccc([N+](=O)[O-])c(Nc2ccc(N3CCC(C(=O)O)CC3)c(F)c2)n1)n1ccnc1. The molecule has 4 rings (SSSR count). The summed E-state index contributed by atoms with van der Waals surface area (Å²) in [5.74, 6) is -1.35. The maximum Gasteiger partial charge on any atom is 0.311 e. The fourth-order valence-electron chi connectivity index (χ4n) is 4.13. The second kappa shape index (κ2) is 10.4. The van der Waals surface area contributed by atoms with Gasteiger partial charge in [0, 0.05) is 37.2 Å². The molecule has 1 saturated heterocycles. The minimum Gasteiger partial charge on any atom is -0.481 e. The van der Waals surface area contributed by atoms with Gasteiger partial charge in [0.2, 0.25) is 5.82 Å². The Kier molecular flexibility index (Phi) is 7.09. The van der Waals surface area contributed by atoms with Gasteiger partial charge in [-0.3, -0.25) is 14.9 Å². The molecule has 2 aromatic heterocycles. The molecule has 1 aliphatic heterocycles. The molecule has 11 nitrogen and oxygen atoms in total. The topological polar surface area (TPSA) is 138 Å². The van der Waals surface area contributed by atoms with Gasteiger partial charge < -0.3 is 25.2 Å². The van der Waals surface area contributed by atoms with Crippen molar-refractivity contribution in [2.45, 2.75) is 32.4 Å². The van der Waals surface area contributed by atoms with Crippen LogP contribution in [0.5, 0.6) is 0 Å². The van der Waals surface area contributed by atoms with E-state index in [0.29, 0.717) is 49.5 Å². The van der Waals surface area contributed by atoms with E-state index in [2.05, 4.69) is 20.6 Å². The van der Waals surface area contributed by atoms with Gasteiger partial charge in [-0.05, 0) is 43.5 Å². The second-order valence-electron chi connectivity index (χ2n) is 8.29. The molecule has 1 aliphatic rings. The predicted molar refractivity (Wildman–Crippen MR) is 128 cm³/mol. The third-order valence-electron chi connectivity index (χ3n) is 6.05. The van der Waals surface area contributed by atoms with Gasteiger partial charge in [-0.1, -0.05) is 6.92 Å². The molecule has 1 atom stereocenters. The number of pyridine rings is 1. The molecule has 35 heavy (non-hydrogen) atoms. The first-order valence-corrected chi connectivity index (χ1v) is 11.3. The number of hydrogen-bond acceptors (Lipinski definition) is 8. The average molecular weight is 484 g/mol. The van der Waals surface area contributed by atoms with Gasteiger partial charge in [-0.15, -0.1) is 0 Å². The number of nitrogens with one attached hydrogen (secondary N) is 2. The average Bonchev–Trinajstić information content (AvgIpc) is 3.37. The van der Waals surface area contributed by atoms with Crippen molar-refractivity contribution in [3.8, 4) is 0 Å². The molecule has 1 fully saturated rings. The van der Waals surface area contributed by atoms with Gasteiger partial charge in [0.15, 0.2) is 0 Å². The van der Waals surface area contributed by atoms with E-state index in [4.69, 9.17) is 5.11 Å². The first-order valence-electron chi connectivity index (χ1n) is 11.3. The van der Waals surface area contributed by atoms with Gasteiger partial charge in [0.1, 0.15) is 17.8 Å². The van der Waals surface area contributed by atoms with Crippen LogP contribution >= 0.6 is 0 Å². The summed E-state index contributed by atoms with van der Waals surface area (Å²) in [4.78, 5) is 32.4. The number of hydrogen-bond donors (Lipinski definition) is 3. The number of nitro groups is 1. The highest BCUT2D eigenvalue weighted by atomic mass is 19.1. The summed E-state index contributed by atoms with van der Waals surface area (Å²) in [6.07, 6.45) is 6.59. The highest BCUT2D eigenvalue weighted by molar-refractivity contribution is 5.71. The Labute approximate surface area is 200 Å². The lowest BCUT2D eigenvalue weighted by Crippen LogP contribution is -2.36. The molecule has 12 heteroatoms. The number of carbonyl (C=O) groups is 1. The number of carboxylic acids is 1. The van der Waals surface area contributed by atoms with E-state index in [-0.39, 0.29) is 17.7 Å². The van der Waals surface area contributed by atoms with E-state index < -0.39 is 22.6 Å². The predicted octanol–water partition coefficient (Wildman–Crippen LogP) is 4.39. The van der Waals surface area contributed by atoms with Crippen LogP contribution in [0.3, 0.4) is 0 Å².